The summed E-state index contributed by atoms with van der Waals surface area (Å²) in [5.41, 5.74) is 5.69. The number of aliphatic carboxylic acids is 1. The van der Waals surface area contributed by atoms with Crippen molar-refractivity contribution in [3.05, 3.63) is 0 Å². The molecule has 0 aromatic rings. The Morgan fingerprint density at radius 1 is 0.952 bits per heavy atom. The van der Waals surface area contributed by atoms with Crippen LogP contribution in [-0.4, -0.2) is 92.1 Å². The fraction of sp³-hybridized carbons (Fsp3) is 0.857. The molecule has 0 aliphatic heterocycles. The molecule has 1 unspecified atom stereocenters. The first-order valence-electron chi connectivity index (χ1n) is 7.29. The Morgan fingerprint density at radius 3 is 1.71 bits per heavy atom. The maximum Gasteiger partial charge on any atom is 0.305 e. The van der Waals surface area contributed by atoms with E-state index >= 15 is 0 Å². The molecular formula is C14H30N4O3. The van der Waals surface area contributed by atoms with Gasteiger partial charge in [0.15, 0.2) is 0 Å². The molecule has 3 N–H and O–H groups in total. The molecule has 0 radical (unpaired) electrons. The van der Waals surface area contributed by atoms with Gasteiger partial charge in [-0.15, -0.1) is 0 Å². The Balaban J connectivity index is 4.45. The summed E-state index contributed by atoms with van der Waals surface area (Å²) in [7, 11) is 7.92. The van der Waals surface area contributed by atoms with Crippen LogP contribution in [0.1, 0.15) is 19.3 Å². The van der Waals surface area contributed by atoms with Crippen molar-refractivity contribution in [3.8, 4) is 0 Å². The summed E-state index contributed by atoms with van der Waals surface area (Å²) in [6, 6.07) is -0.957. The summed E-state index contributed by atoms with van der Waals surface area (Å²) in [6.45, 7) is 2.98. The number of hydrogen-bond acceptors (Lipinski definition) is 5. The smallest absolute Gasteiger partial charge is 0.305 e. The van der Waals surface area contributed by atoms with Crippen LogP contribution in [-0.2, 0) is 9.59 Å². The van der Waals surface area contributed by atoms with Crippen LogP contribution in [0, 0.1) is 0 Å². The second kappa shape index (κ2) is 10.5. The van der Waals surface area contributed by atoms with Crippen LogP contribution in [0.3, 0.4) is 0 Å². The molecule has 0 rings (SSSR count). The monoisotopic (exact) mass is 302 g/mol. The number of hydrogen-bond donors (Lipinski definition) is 2. The normalized spacial score (nSPS) is 12.7. The van der Waals surface area contributed by atoms with Gasteiger partial charge in [0.2, 0.25) is 5.91 Å². The molecule has 0 aromatic carbocycles. The van der Waals surface area contributed by atoms with E-state index in [1.807, 2.05) is 28.2 Å². The third-order valence-electron chi connectivity index (χ3n) is 3.09. The lowest BCUT2D eigenvalue weighted by atomic mass is 10.1. The predicted octanol–water partition coefficient (Wildman–Crippen LogP) is -0.480. The van der Waals surface area contributed by atoms with E-state index in [9.17, 15) is 9.59 Å². The van der Waals surface area contributed by atoms with Crippen LogP contribution in [0.15, 0.2) is 0 Å². The average molecular weight is 302 g/mol. The number of carbonyl (C=O) groups excluding carboxylic acids is 1. The van der Waals surface area contributed by atoms with Gasteiger partial charge in [0.1, 0.15) is 0 Å². The largest absolute Gasteiger partial charge is 0.481 e. The predicted molar refractivity (Wildman–Crippen MR) is 83.2 cm³/mol. The Labute approximate surface area is 127 Å². The number of carboxylic acid groups (broad SMARTS) is 1. The van der Waals surface area contributed by atoms with Crippen molar-refractivity contribution in [3.63, 3.8) is 0 Å². The van der Waals surface area contributed by atoms with Crippen LogP contribution >= 0.6 is 0 Å². The number of nitrogens with zero attached hydrogens (tertiary/aromatic N) is 3. The molecule has 0 spiro atoms. The quantitative estimate of drug-likeness (QED) is 0.536. The second-order valence-corrected chi connectivity index (χ2v) is 5.84. The Bertz CT molecular complexity index is 307. The van der Waals surface area contributed by atoms with Gasteiger partial charge in [-0.3, -0.25) is 9.59 Å². The molecule has 1 atom stereocenters. The van der Waals surface area contributed by atoms with Gasteiger partial charge in [0, 0.05) is 13.1 Å². The van der Waals surface area contributed by atoms with Crippen LogP contribution in [0.4, 0.5) is 0 Å². The molecule has 0 heterocycles. The maximum absolute atomic E-state index is 12.2. The fourth-order valence-corrected chi connectivity index (χ4v) is 2.00. The fourth-order valence-electron chi connectivity index (χ4n) is 2.00. The van der Waals surface area contributed by atoms with Crippen LogP contribution in [0.5, 0.6) is 0 Å². The van der Waals surface area contributed by atoms with Crippen LogP contribution in [0.25, 0.3) is 0 Å². The molecular weight excluding hydrogens is 272 g/mol. The molecule has 0 aliphatic rings. The minimum Gasteiger partial charge on any atom is -0.481 e. The van der Waals surface area contributed by atoms with E-state index in [-0.39, 0.29) is 12.3 Å². The number of rotatable bonds is 11. The zero-order chi connectivity index (χ0) is 16.4. The highest BCUT2D eigenvalue weighted by atomic mass is 16.4. The van der Waals surface area contributed by atoms with Crippen molar-refractivity contribution in [2.75, 3.05) is 54.4 Å². The number of amides is 1. The topological polar surface area (TPSA) is 90.1 Å². The van der Waals surface area contributed by atoms with Crippen molar-refractivity contribution in [1.29, 1.82) is 0 Å². The first-order chi connectivity index (χ1) is 9.73. The van der Waals surface area contributed by atoms with E-state index in [2.05, 4.69) is 9.80 Å². The number of carbonyl (C=O) groups is 2. The SMILES string of the molecule is CN(C)CCCN(CCCN(C)C)C(=O)C(N)CC(=O)O. The summed E-state index contributed by atoms with van der Waals surface area (Å²) in [5.74, 6) is -1.31. The minimum absolute atomic E-state index is 0.269. The Kier molecular flexibility index (Phi) is 9.94. The zero-order valence-electron chi connectivity index (χ0n) is 13.7. The van der Waals surface area contributed by atoms with Crippen molar-refractivity contribution in [2.45, 2.75) is 25.3 Å². The molecule has 7 nitrogen and oxygen atoms in total. The van der Waals surface area contributed by atoms with Crippen molar-refractivity contribution >= 4 is 11.9 Å². The highest BCUT2D eigenvalue weighted by molar-refractivity contribution is 5.85. The summed E-state index contributed by atoms with van der Waals surface area (Å²) in [5, 5.41) is 8.75. The molecule has 1 amide bonds. The van der Waals surface area contributed by atoms with Gasteiger partial charge < -0.3 is 25.5 Å². The van der Waals surface area contributed by atoms with Gasteiger partial charge in [-0.05, 0) is 54.1 Å². The maximum atomic E-state index is 12.2. The molecule has 21 heavy (non-hydrogen) atoms. The average Bonchev–Trinajstić information content (AvgIpc) is 2.34. The van der Waals surface area contributed by atoms with Crippen molar-refractivity contribution in [2.24, 2.45) is 5.73 Å². The van der Waals surface area contributed by atoms with Crippen LogP contribution in [0.2, 0.25) is 0 Å². The number of nitrogens with two attached hydrogens (primary N) is 1. The van der Waals surface area contributed by atoms with E-state index < -0.39 is 12.0 Å². The molecule has 0 fully saturated rings. The van der Waals surface area contributed by atoms with E-state index in [1.54, 1.807) is 4.90 Å². The second-order valence-electron chi connectivity index (χ2n) is 5.84. The van der Waals surface area contributed by atoms with Gasteiger partial charge in [0.25, 0.3) is 0 Å². The Hall–Kier alpha value is -1.18. The molecule has 0 bridgehead atoms. The van der Waals surface area contributed by atoms with Gasteiger partial charge >= 0.3 is 5.97 Å². The number of carboxylic acids is 1. The van der Waals surface area contributed by atoms with Crippen molar-refractivity contribution < 1.29 is 14.7 Å². The highest BCUT2D eigenvalue weighted by Crippen LogP contribution is 2.02. The van der Waals surface area contributed by atoms with Crippen molar-refractivity contribution in [1.82, 2.24) is 14.7 Å². The summed E-state index contributed by atoms with van der Waals surface area (Å²) in [6.07, 6.45) is 1.37. The third kappa shape index (κ3) is 10.2. The Morgan fingerprint density at radius 2 is 1.38 bits per heavy atom. The highest BCUT2D eigenvalue weighted by Gasteiger charge is 2.22. The molecule has 124 valence electrons. The van der Waals surface area contributed by atoms with E-state index in [4.69, 9.17) is 10.8 Å². The first kappa shape index (κ1) is 19.8. The zero-order valence-corrected chi connectivity index (χ0v) is 13.7. The minimum atomic E-state index is -1.04. The molecule has 0 aromatic heterocycles. The molecule has 0 aliphatic carbocycles. The van der Waals surface area contributed by atoms with E-state index in [0.29, 0.717) is 13.1 Å². The van der Waals surface area contributed by atoms with Gasteiger partial charge in [0.05, 0.1) is 12.5 Å². The van der Waals surface area contributed by atoms with E-state index in [1.165, 1.54) is 0 Å². The third-order valence-corrected chi connectivity index (χ3v) is 3.09. The standard InChI is InChI=1S/C14H30N4O3/c1-16(2)7-5-9-18(10-6-8-17(3)4)14(21)12(15)11-13(19)20/h12H,5-11,15H2,1-4H3,(H,19,20). The molecule has 7 heteroatoms. The molecule has 0 saturated carbocycles. The lowest BCUT2D eigenvalue weighted by Crippen LogP contribution is -2.46. The summed E-state index contributed by atoms with van der Waals surface area (Å²) < 4.78 is 0. The van der Waals surface area contributed by atoms with Gasteiger partial charge in [-0.25, -0.2) is 0 Å². The van der Waals surface area contributed by atoms with Gasteiger partial charge in [-0.2, -0.15) is 0 Å². The van der Waals surface area contributed by atoms with Gasteiger partial charge in [-0.1, -0.05) is 0 Å². The first-order valence-corrected chi connectivity index (χ1v) is 7.29. The molecule has 0 saturated heterocycles. The summed E-state index contributed by atoms with van der Waals surface area (Å²) in [4.78, 5) is 28.7. The van der Waals surface area contributed by atoms with Crippen LogP contribution < -0.4 is 5.73 Å². The lowest BCUT2D eigenvalue weighted by molar-refractivity contribution is -0.142. The van der Waals surface area contributed by atoms with E-state index in [0.717, 1.165) is 25.9 Å². The summed E-state index contributed by atoms with van der Waals surface area (Å²) >= 11 is 0. The lowest BCUT2D eigenvalue weighted by Gasteiger charge is -2.26.